The molecule has 0 N–H and O–H groups in total. The summed E-state index contributed by atoms with van der Waals surface area (Å²) >= 11 is 13.5. The van der Waals surface area contributed by atoms with Crippen LogP contribution in [0.25, 0.3) is 17.4 Å². The van der Waals surface area contributed by atoms with Crippen molar-refractivity contribution in [1.29, 1.82) is 0 Å². The van der Waals surface area contributed by atoms with E-state index in [1.807, 2.05) is 0 Å². The SMILES string of the molecule is CC1=C(C(=O)OC(C)C)C(c2ccc(Cl)cc2)n2c(sc(=Cc3ccc(-c4cc([N+](=O)[O-])ccc4Cl)o3)c2=O)=N1. The van der Waals surface area contributed by atoms with Crippen LogP contribution >= 0.6 is 34.5 Å². The molecule has 4 aromatic rings. The number of ether oxygens (including phenoxy) is 1. The monoisotopic (exact) mass is 597 g/mol. The fourth-order valence-corrected chi connectivity index (χ4v) is 5.70. The van der Waals surface area contributed by atoms with Crippen molar-refractivity contribution < 1.29 is 18.9 Å². The molecule has 0 amide bonds. The van der Waals surface area contributed by atoms with Gasteiger partial charge in [0.2, 0.25) is 0 Å². The van der Waals surface area contributed by atoms with E-state index in [0.717, 1.165) is 11.3 Å². The number of halogens is 2. The van der Waals surface area contributed by atoms with Gasteiger partial charge >= 0.3 is 5.97 Å². The Balaban J connectivity index is 1.62. The summed E-state index contributed by atoms with van der Waals surface area (Å²) in [5, 5.41) is 12.0. The first kappa shape index (κ1) is 27.6. The van der Waals surface area contributed by atoms with Crippen LogP contribution in [-0.4, -0.2) is 21.6 Å². The van der Waals surface area contributed by atoms with Gasteiger partial charge in [0, 0.05) is 28.8 Å². The fourth-order valence-electron chi connectivity index (χ4n) is 4.34. The van der Waals surface area contributed by atoms with Crippen LogP contribution in [0.4, 0.5) is 5.69 Å². The number of allylic oxidation sites excluding steroid dienone is 1. The molecular formula is C28H21Cl2N3O6S. The molecule has 9 nitrogen and oxygen atoms in total. The van der Waals surface area contributed by atoms with E-state index < -0.39 is 16.9 Å². The number of rotatable bonds is 6. The van der Waals surface area contributed by atoms with Crippen LogP contribution in [0.3, 0.4) is 0 Å². The van der Waals surface area contributed by atoms with Crippen LogP contribution in [0.5, 0.6) is 0 Å². The lowest BCUT2D eigenvalue weighted by Gasteiger charge is -2.25. The normalized spacial score (nSPS) is 15.2. The van der Waals surface area contributed by atoms with Crippen molar-refractivity contribution in [3.63, 3.8) is 0 Å². The standard InChI is InChI=1S/C28H21Cl2N3O6S/c1-14(2)38-27(35)24-15(3)31-28-32(25(24)16-4-6-17(29)7-5-16)26(34)23(40-28)13-19-9-11-22(39-19)20-12-18(33(36)37)8-10-21(20)30/h4-14,25H,1-3H3. The lowest BCUT2D eigenvalue weighted by molar-refractivity contribution is -0.384. The number of nitro benzene ring substituents is 1. The minimum atomic E-state index is -0.780. The molecule has 1 aliphatic heterocycles. The first-order chi connectivity index (χ1) is 19.0. The molecule has 2 aromatic heterocycles. The molecule has 1 atom stereocenters. The van der Waals surface area contributed by atoms with Gasteiger partial charge in [0.1, 0.15) is 11.5 Å². The summed E-state index contributed by atoms with van der Waals surface area (Å²) in [7, 11) is 0. The Morgan fingerprint density at radius 2 is 1.90 bits per heavy atom. The number of furan rings is 1. The van der Waals surface area contributed by atoms with Crippen molar-refractivity contribution in [2.45, 2.75) is 32.9 Å². The molecule has 0 spiro atoms. The molecular weight excluding hydrogens is 577 g/mol. The van der Waals surface area contributed by atoms with Crippen molar-refractivity contribution >= 4 is 52.3 Å². The third-order valence-electron chi connectivity index (χ3n) is 6.10. The molecule has 1 aliphatic rings. The predicted octanol–water partition coefficient (Wildman–Crippen LogP) is 5.66. The topological polar surface area (TPSA) is 117 Å². The number of hydrogen-bond acceptors (Lipinski definition) is 8. The molecule has 0 radical (unpaired) electrons. The molecule has 1 unspecified atom stereocenters. The van der Waals surface area contributed by atoms with Crippen LogP contribution in [0.2, 0.25) is 10.0 Å². The van der Waals surface area contributed by atoms with E-state index in [4.69, 9.17) is 32.4 Å². The first-order valence-corrected chi connectivity index (χ1v) is 13.6. The number of carbonyl (C=O) groups excluding carboxylic acids is 1. The first-order valence-electron chi connectivity index (χ1n) is 12.1. The third kappa shape index (κ3) is 5.25. The van der Waals surface area contributed by atoms with E-state index in [-0.39, 0.29) is 27.9 Å². The number of benzene rings is 2. The number of fused-ring (bicyclic) bond motifs is 1. The van der Waals surface area contributed by atoms with Crippen LogP contribution in [-0.2, 0) is 9.53 Å². The molecule has 5 rings (SSSR count). The molecule has 3 heterocycles. The average Bonchev–Trinajstić information content (AvgIpc) is 3.47. The number of non-ortho nitro benzene ring substituents is 1. The average molecular weight is 598 g/mol. The second kappa shape index (κ2) is 10.9. The molecule has 204 valence electrons. The van der Waals surface area contributed by atoms with Gasteiger partial charge < -0.3 is 9.15 Å². The number of nitro groups is 1. The molecule has 0 saturated carbocycles. The highest BCUT2D eigenvalue weighted by atomic mass is 35.5. The molecule has 2 aromatic carbocycles. The van der Waals surface area contributed by atoms with Gasteiger partial charge in [-0.25, -0.2) is 9.79 Å². The van der Waals surface area contributed by atoms with E-state index >= 15 is 0 Å². The van der Waals surface area contributed by atoms with Gasteiger partial charge in [-0.1, -0.05) is 46.7 Å². The maximum atomic E-state index is 13.8. The van der Waals surface area contributed by atoms with Gasteiger partial charge in [0.25, 0.3) is 11.2 Å². The number of esters is 1. The molecule has 12 heteroatoms. The van der Waals surface area contributed by atoms with E-state index in [1.54, 1.807) is 63.2 Å². The Hall–Kier alpha value is -3.99. The summed E-state index contributed by atoms with van der Waals surface area (Å²) in [6.07, 6.45) is 1.19. The van der Waals surface area contributed by atoms with E-state index in [1.165, 1.54) is 22.8 Å². The summed E-state index contributed by atoms with van der Waals surface area (Å²) in [6.45, 7) is 5.20. The highest BCUT2D eigenvalue weighted by Gasteiger charge is 2.33. The van der Waals surface area contributed by atoms with E-state index in [9.17, 15) is 19.7 Å². The Labute approximate surface area is 241 Å². The fraction of sp³-hybridized carbons (Fsp3) is 0.179. The summed E-state index contributed by atoms with van der Waals surface area (Å²) in [5.41, 5.74) is 1.22. The summed E-state index contributed by atoms with van der Waals surface area (Å²) in [4.78, 5) is 42.6. The molecule has 0 fully saturated rings. The second-order valence-electron chi connectivity index (χ2n) is 9.21. The van der Waals surface area contributed by atoms with Gasteiger partial charge in [-0.3, -0.25) is 19.5 Å². The van der Waals surface area contributed by atoms with Crippen LogP contribution < -0.4 is 14.9 Å². The van der Waals surface area contributed by atoms with E-state index in [0.29, 0.717) is 42.7 Å². The largest absolute Gasteiger partial charge is 0.459 e. The number of hydrogen-bond donors (Lipinski definition) is 0. The summed E-state index contributed by atoms with van der Waals surface area (Å²) < 4.78 is 13.2. The zero-order valence-electron chi connectivity index (χ0n) is 21.4. The van der Waals surface area contributed by atoms with Gasteiger partial charge in [-0.05, 0) is 56.7 Å². The molecule has 0 aliphatic carbocycles. The quantitative estimate of drug-likeness (QED) is 0.161. The molecule has 0 bridgehead atoms. The smallest absolute Gasteiger partial charge is 0.338 e. The number of nitrogens with zero attached hydrogens (tertiary/aromatic N) is 3. The highest BCUT2D eigenvalue weighted by Crippen LogP contribution is 2.33. The minimum absolute atomic E-state index is 0.130. The van der Waals surface area contributed by atoms with Gasteiger partial charge in [-0.15, -0.1) is 0 Å². The van der Waals surface area contributed by atoms with Crippen molar-refractivity contribution in [2.75, 3.05) is 0 Å². The van der Waals surface area contributed by atoms with Crippen LogP contribution in [0, 0.1) is 10.1 Å². The Kier molecular flexibility index (Phi) is 7.50. The Bertz CT molecular complexity index is 1870. The maximum Gasteiger partial charge on any atom is 0.338 e. The Morgan fingerprint density at radius 3 is 2.58 bits per heavy atom. The van der Waals surface area contributed by atoms with Crippen molar-refractivity contribution in [3.05, 3.63) is 117 Å². The maximum absolute atomic E-state index is 13.8. The zero-order chi connectivity index (χ0) is 28.7. The van der Waals surface area contributed by atoms with Crippen molar-refractivity contribution in [2.24, 2.45) is 4.99 Å². The predicted molar refractivity (Wildman–Crippen MR) is 152 cm³/mol. The van der Waals surface area contributed by atoms with Gasteiger partial charge in [0.05, 0.1) is 37.9 Å². The summed E-state index contributed by atoms with van der Waals surface area (Å²) in [5.74, 6) is 0.0809. The van der Waals surface area contributed by atoms with Crippen molar-refractivity contribution in [3.8, 4) is 11.3 Å². The number of carbonyl (C=O) groups is 1. The van der Waals surface area contributed by atoms with Crippen molar-refractivity contribution in [1.82, 2.24) is 4.57 Å². The van der Waals surface area contributed by atoms with Crippen LogP contribution in [0.1, 0.15) is 38.1 Å². The third-order valence-corrected chi connectivity index (χ3v) is 7.66. The molecule has 0 saturated heterocycles. The summed E-state index contributed by atoms with van der Waals surface area (Å²) in [6, 6.07) is 13.4. The van der Waals surface area contributed by atoms with E-state index in [2.05, 4.69) is 4.99 Å². The molecule has 40 heavy (non-hydrogen) atoms. The lowest BCUT2D eigenvalue weighted by Crippen LogP contribution is -2.40. The van der Waals surface area contributed by atoms with Gasteiger partial charge in [0.15, 0.2) is 4.80 Å². The minimum Gasteiger partial charge on any atom is -0.459 e. The highest BCUT2D eigenvalue weighted by molar-refractivity contribution is 7.07. The zero-order valence-corrected chi connectivity index (χ0v) is 23.7. The number of aromatic nitrogens is 1. The second-order valence-corrected chi connectivity index (χ2v) is 11.1. The number of thiazole rings is 1. The lowest BCUT2D eigenvalue weighted by atomic mass is 9.96. The van der Waals surface area contributed by atoms with Gasteiger partial charge in [-0.2, -0.15) is 0 Å². The Morgan fingerprint density at radius 1 is 1.18 bits per heavy atom. The van der Waals surface area contributed by atoms with Crippen LogP contribution in [0.15, 0.2) is 80.1 Å².